The third-order valence-electron chi connectivity index (χ3n) is 2.51. The summed E-state index contributed by atoms with van der Waals surface area (Å²) in [4.78, 5) is 22.6. The Bertz CT molecular complexity index is 617. The number of ether oxygens (including phenoxy) is 2. The van der Waals surface area contributed by atoms with Gasteiger partial charge in [0.2, 0.25) is 0 Å². The van der Waals surface area contributed by atoms with E-state index in [2.05, 4.69) is 10.1 Å². The van der Waals surface area contributed by atoms with Crippen LogP contribution in [0.5, 0.6) is 0 Å². The topological polar surface area (TPSA) is 64.6 Å². The Balaban J connectivity index is 2.05. The second kappa shape index (κ2) is 6.12. The van der Waals surface area contributed by atoms with Gasteiger partial charge in [-0.05, 0) is 36.0 Å². The van der Waals surface area contributed by atoms with Crippen LogP contribution < -0.4 is 5.32 Å². The van der Waals surface area contributed by atoms with Crippen LogP contribution in [0.1, 0.15) is 15.9 Å². The largest absolute Gasteiger partial charge is 0.465 e. The number of carbonyl (C=O) groups excluding carboxylic acids is 2. The summed E-state index contributed by atoms with van der Waals surface area (Å²) in [5.74, 6) is -0.592. The molecule has 5 nitrogen and oxygen atoms in total. The van der Waals surface area contributed by atoms with Crippen molar-refractivity contribution in [3.8, 4) is 0 Å². The van der Waals surface area contributed by atoms with Crippen LogP contribution in [-0.2, 0) is 14.3 Å². The van der Waals surface area contributed by atoms with Crippen molar-refractivity contribution in [3.63, 3.8) is 0 Å². The number of amides is 1. The van der Waals surface area contributed by atoms with Crippen LogP contribution in [0, 0.1) is 0 Å². The number of nitrogens with one attached hydrogen (secondary N) is 1. The van der Waals surface area contributed by atoms with E-state index < -0.39 is 0 Å². The first-order chi connectivity index (χ1) is 9.60. The molecule has 1 heterocycles. The molecule has 2 rings (SSSR count). The van der Waals surface area contributed by atoms with Crippen molar-refractivity contribution in [3.05, 3.63) is 53.3 Å². The summed E-state index contributed by atoms with van der Waals surface area (Å²) in [6.07, 6.45) is 4.95. The van der Waals surface area contributed by atoms with Crippen molar-refractivity contribution in [1.82, 2.24) is 5.32 Å². The van der Waals surface area contributed by atoms with Gasteiger partial charge in [-0.15, -0.1) is 0 Å². The van der Waals surface area contributed by atoms with Gasteiger partial charge in [0, 0.05) is 0 Å². The van der Waals surface area contributed by atoms with Gasteiger partial charge >= 0.3 is 5.97 Å². The zero-order valence-corrected chi connectivity index (χ0v) is 11.4. The first kappa shape index (κ1) is 14.0. The second-order valence-electron chi connectivity index (χ2n) is 3.85. The third-order valence-corrected chi connectivity index (χ3v) is 2.70. The molecule has 6 heteroatoms. The Hall–Kier alpha value is -2.47. The monoisotopic (exact) mass is 289 g/mol. The molecule has 1 aliphatic rings. The second-order valence-corrected chi connectivity index (χ2v) is 4.22. The number of rotatable bonds is 3. The summed E-state index contributed by atoms with van der Waals surface area (Å²) in [6, 6.07) is 6.85. The molecular weight excluding hydrogens is 278 g/mol. The van der Waals surface area contributed by atoms with E-state index in [-0.39, 0.29) is 22.8 Å². The molecule has 1 fully saturated rings. The Morgan fingerprint density at radius 2 is 2.05 bits per heavy atom. The third kappa shape index (κ3) is 3.30. The van der Waals surface area contributed by atoms with Crippen LogP contribution in [0.15, 0.2) is 42.2 Å². The van der Waals surface area contributed by atoms with Crippen molar-refractivity contribution >= 4 is 35.3 Å². The lowest BCUT2D eigenvalue weighted by molar-refractivity contribution is -0.116. The van der Waals surface area contributed by atoms with Crippen LogP contribution in [-0.4, -0.2) is 24.2 Å². The lowest BCUT2D eigenvalue weighted by Gasteiger charge is -1.98. The van der Waals surface area contributed by atoms with Crippen LogP contribution in [0.25, 0.3) is 6.08 Å². The zero-order valence-electron chi connectivity index (χ0n) is 10.6. The van der Waals surface area contributed by atoms with Crippen LogP contribution in [0.4, 0.5) is 0 Å². The Morgan fingerprint density at radius 3 is 2.60 bits per heavy atom. The van der Waals surface area contributed by atoms with E-state index in [1.54, 1.807) is 36.4 Å². The van der Waals surface area contributed by atoms with Gasteiger partial charge in [-0.2, -0.15) is 0 Å². The summed E-state index contributed by atoms with van der Waals surface area (Å²) >= 11 is 4.70. The van der Waals surface area contributed by atoms with E-state index in [9.17, 15) is 9.59 Å². The number of hydrogen-bond acceptors (Lipinski definition) is 5. The highest BCUT2D eigenvalue weighted by molar-refractivity contribution is 7.80. The fourth-order valence-corrected chi connectivity index (χ4v) is 1.71. The van der Waals surface area contributed by atoms with Gasteiger partial charge in [-0.3, -0.25) is 10.1 Å². The molecule has 0 radical (unpaired) electrons. The maximum atomic E-state index is 11.3. The minimum absolute atomic E-state index is 0.0529. The standard InChI is InChI=1S/C14H11NO4S/c1-18-13(17)10-7-5-9(6-8-10)3-2-4-11-12(16)15-14(20)19-11/h2-8H,1H3,(H,15,16,20). The number of thiocarbonyl (C=S) groups is 1. The van der Waals surface area contributed by atoms with Gasteiger partial charge in [0.15, 0.2) is 5.76 Å². The lowest BCUT2D eigenvalue weighted by atomic mass is 10.1. The van der Waals surface area contributed by atoms with Crippen LogP contribution in [0.3, 0.4) is 0 Å². The Morgan fingerprint density at radius 1 is 1.35 bits per heavy atom. The van der Waals surface area contributed by atoms with E-state index >= 15 is 0 Å². The maximum absolute atomic E-state index is 11.3. The normalized spacial score (nSPS) is 16.4. The fourth-order valence-electron chi connectivity index (χ4n) is 1.53. The zero-order chi connectivity index (χ0) is 14.5. The van der Waals surface area contributed by atoms with Crippen LogP contribution in [0.2, 0.25) is 0 Å². The summed E-state index contributed by atoms with van der Waals surface area (Å²) in [5.41, 5.74) is 1.35. The average molecular weight is 289 g/mol. The fraction of sp³-hybridized carbons (Fsp3) is 0.0714. The predicted molar refractivity (Wildman–Crippen MR) is 76.7 cm³/mol. The van der Waals surface area contributed by atoms with Crippen molar-refractivity contribution in [2.24, 2.45) is 0 Å². The summed E-state index contributed by atoms with van der Waals surface area (Å²) in [6.45, 7) is 0. The van der Waals surface area contributed by atoms with Crippen molar-refractivity contribution in [2.45, 2.75) is 0 Å². The van der Waals surface area contributed by atoms with Gasteiger partial charge in [-0.1, -0.05) is 24.3 Å². The van der Waals surface area contributed by atoms with Crippen molar-refractivity contribution < 1.29 is 19.1 Å². The molecule has 1 aromatic carbocycles. The number of esters is 1. The Kier molecular flexibility index (Phi) is 4.27. The molecule has 20 heavy (non-hydrogen) atoms. The molecule has 1 aliphatic heterocycles. The van der Waals surface area contributed by atoms with Crippen LogP contribution >= 0.6 is 12.2 Å². The van der Waals surface area contributed by atoms with Gasteiger partial charge in [0.25, 0.3) is 11.1 Å². The minimum Gasteiger partial charge on any atom is -0.465 e. The SMILES string of the molecule is COC(=O)c1ccc(C=CC=C2OC(=S)NC2=O)cc1. The van der Waals surface area contributed by atoms with E-state index in [0.29, 0.717) is 5.56 Å². The molecule has 0 bridgehead atoms. The van der Waals surface area contributed by atoms with E-state index in [4.69, 9.17) is 17.0 Å². The molecular formula is C14H11NO4S. The number of methoxy groups -OCH3 is 1. The molecule has 1 saturated heterocycles. The molecule has 0 unspecified atom stereocenters. The van der Waals surface area contributed by atoms with Crippen molar-refractivity contribution in [2.75, 3.05) is 7.11 Å². The van der Waals surface area contributed by atoms with E-state index in [1.165, 1.54) is 13.2 Å². The summed E-state index contributed by atoms with van der Waals surface area (Å²) < 4.78 is 9.60. The van der Waals surface area contributed by atoms with E-state index in [0.717, 1.165) is 5.56 Å². The average Bonchev–Trinajstić information content (AvgIpc) is 2.77. The van der Waals surface area contributed by atoms with Crippen molar-refractivity contribution in [1.29, 1.82) is 0 Å². The number of hydrogen-bond donors (Lipinski definition) is 1. The molecule has 0 aromatic heterocycles. The summed E-state index contributed by atoms with van der Waals surface area (Å²) in [7, 11) is 1.33. The molecule has 0 saturated carbocycles. The highest BCUT2D eigenvalue weighted by atomic mass is 32.1. The lowest BCUT2D eigenvalue weighted by Crippen LogP contribution is -2.18. The highest BCUT2D eigenvalue weighted by Crippen LogP contribution is 2.10. The minimum atomic E-state index is -0.382. The molecule has 102 valence electrons. The summed E-state index contributed by atoms with van der Waals surface area (Å²) in [5, 5.41) is 2.41. The van der Waals surface area contributed by atoms with Gasteiger partial charge in [0.1, 0.15) is 0 Å². The number of allylic oxidation sites excluding steroid dienone is 2. The highest BCUT2D eigenvalue weighted by Gasteiger charge is 2.21. The smallest absolute Gasteiger partial charge is 0.337 e. The number of benzene rings is 1. The first-order valence-electron chi connectivity index (χ1n) is 5.70. The van der Waals surface area contributed by atoms with Gasteiger partial charge in [0.05, 0.1) is 12.7 Å². The molecule has 0 spiro atoms. The predicted octanol–water partition coefficient (Wildman–Crippen LogP) is 1.80. The van der Waals surface area contributed by atoms with Gasteiger partial charge in [-0.25, -0.2) is 4.79 Å². The maximum Gasteiger partial charge on any atom is 0.337 e. The molecule has 1 N–H and O–H groups in total. The molecule has 0 aliphatic carbocycles. The molecule has 1 amide bonds. The molecule has 1 aromatic rings. The van der Waals surface area contributed by atoms with E-state index in [1.807, 2.05) is 0 Å². The van der Waals surface area contributed by atoms with Gasteiger partial charge < -0.3 is 9.47 Å². The number of carbonyl (C=O) groups is 2. The quantitative estimate of drug-likeness (QED) is 0.522. The first-order valence-corrected chi connectivity index (χ1v) is 6.11. The molecule has 0 atom stereocenters. The Labute approximate surface area is 120 Å².